The Morgan fingerprint density at radius 2 is 2.11 bits per heavy atom. The molecular weight excluding hydrogens is 280 g/mol. The predicted molar refractivity (Wildman–Crippen MR) is 77.8 cm³/mol. The Morgan fingerprint density at radius 3 is 2.74 bits per heavy atom. The smallest absolute Gasteiger partial charge is 0.163 e. The third-order valence-corrected chi connectivity index (χ3v) is 4.11. The van der Waals surface area contributed by atoms with Crippen LogP contribution in [-0.4, -0.2) is 15.8 Å². The fourth-order valence-electron chi connectivity index (χ4n) is 1.63. The summed E-state index contributed by atoms with van der Waals surface area (Å²) in [5, 5.41) is 0.726. The number of rotatable bonds is 4. The maximum atomic E-state index is 11.3. The van der Waals surface area contributed by atoms with Crippen molar-refractivity contribution in [1.29, 1.82) is 0 Å². The summed E-state index contributed by atoms with van der Waals surface area (Å²) in [5.41, 5.74) is 1.30. The zero-order chi connectivity index (χ0) is 13.8. The number of aryl methyl sites for hydroxylation is 1. The summed E-state index contributed by atoms with van der Waals surface area (Å²) in [4.78, 5) is 20.9. The molecule has 0 amide bonds. The largest absolute Gasteiger partial charge is 0.294 e. The molecule has 0 spiro atoms. The van der Waals surface area contributed by atoms with Crippen LogP contribution in [0.5, 0.6) is 0 Å². The lowest BCUT2D eigenvalue weighted by molar-refractivity contribution is 0.101. The van der Waals surface area contributed by atoms with Crippen LogP contribution in [0.1, 0.15) is 28.8 Å². The highest BCUT2D eigenvalue weighted by Gasteiger charge is 2.08. The molecular formula is C14H13ClN2OS. The van der Waals surface area contributed by atoms with Crippen molar-refractivity contribution in [1.82, 2.24) is 9.97 Å². The second-order valence-electron chi connectivity index (χ2n) is 4.06. The Balaban J connectivity index is 2.11. The summed E-state index contributed by atoms with van der Waals surface area (Å²) in [6.45, 7) is 3.34. The average molecular weight is 293 g/mol. The molecule has 19 heavy (non-hydrogen) atoms. The number of thioether (sulfide) groups is 1. The number of Topliss-reactive ketones (excluding diaryl/α,β-unsaturated/α-hetero) is 1. The van der Waals surface area contributed by atoms with Crippen LogP contribution < -0.4 is 0 Å². The summed E-state index contributed by atoms with van der Waals surface area (Å²) >= 11 is 7.66. The first kappa shape index (κ1) is 14.0. The van der Waals surface area contributed by atoms with Crippen LogP contribution in [0.25, 0.3) is 0 Å². The number of nitrogens with zero attached hydrogens (tertiary/aromatic N) is 2. The molecule has 0 fully saturated rings. The second kappa shape index (κ2) is 6.17. The molecule has 2 rings (SSSR count). The Bertz CT molecular complexity index is 616. The zero-order valence-electron chi connectivity index (χ0n) is 10.7. The molecule has 0 aliphatic rings. The number of carbonyl (C=O) groups excluding carboxylic acids is 1. The molecule has 1 heterocycles. The van der Waals surface area contributed by atoms with Crippen LogP contribution in [0.4, 0.5) is 0 Å². The van der Waals surface area contributed by atoms with Gasteiger partial charge < -0.3 is 0 Å². The first-order valence-electron chi connectivity index (χ1n) is 5.78. The monoisotopic (exact) mass is 292 g/mol. The van der Waals surface area contributed by atoms with Crippen LogP contribution in [0.2, 0.25) is 5.02 Å². The van der Waals surface area contributed by atoms with E-state index in [1.165, 1.54) is 6.92 Å². The lowest BCUT2D eigenvalue weighted by Crippen LogP contribution is -2.03. The maximum absolute atomic E-state index is 11.3. The van der Waals surface area contributed by atoms with Crippen LogP contribution >= 0.6 is 23.4 Å². The van der Waals surface area contributed by atoms with E-state index in [0.717, 1.165) is 15.6 Å². The Labute approximate surface area is 121 Å². The minimum Gasteiger partial charge on any atom is -0.294 e. The summed E-state index contributed by atoms with van der Waals surface area (Å²) in [5.74, 6) is 1.32. The molecule has 0 unspecified atom stereocenters. The number of hydrogen-bond acceptors (Lipinski definition) is 4. The lowest BCUT2D eigenvalue weighted by Gasteiger charge is -2.05. The Hall–Kier alpha value is -1.39. The molecule has 0 saturated carbocycles. The van der Waals surface area contributed by atoms with Crippen molar-refractivity contribution in [2.24, 2.45) is 0 Å². The van der Waals surface area contributed by atoms with Gasteiger partial charge >= 0.3 is 0 Å². The summed E-state index contributed by atoms with van der Waals surface area (Å²) in [6.07, 6.45) is 1.59. The fraction of sp³-hybridized carbons (Fsp3) is 0.214. The number of carbonyl (C=O) groups is 1. The molecule has 5 heteroatoms. The molecule has 0 bridgehead atoms. The van der Waals surface area contributed by atoms with E-state index in [1.54, 1.807) is 18.0 Å². The summed E-state index contributed by atoms with van der Waals surface area (Å²) in [7, 11) is 0. The van der Waals surface area contributed by atoms with Gasteiger partial charge in [-0.1, -0.05) is 23.7 Å². The fourth-order valence-corrected chi connectivity index (χ4v) is 2.74. The van der Waals surface area contributed by atoms with Gasteiger partial charge in [-0.05, 0) is 26.0 Å². The van der Waals surface area contributed by atoms with Gasteiger partial charge in [-0.25, -0.2) is 9.97 Å². The normalized spacial score (nSPS) is 10.5. The molecule has 2 aromatic rings. The van der Waals surface area contributed by atoms with Crippen molar-refractivity contribution in [2.45, 2.75) is 24.5 Å². The van der Waals surface area contributed by atoms with E-state index in [2.05, 4.69) is 9.97 Å². The lowest BCUT2D eigenvalue weighted by atomic mass is 10.2. The van der Waals surface area contributed by atoms with Crippen molar-refractivity contribution in [3.8, 4) is 0 Å². The third kappa shape index (κ3) is 3.55. The highest BCUT2D eigenvalue weighted by atomic mass is 35.5. The quantitative estimate of drug-likeness (QED) is 0.632. The van der Waals surface area contributed by atoms with E-state index < -0.39 is 0 Å². The molecule has 0 saturated heterocycles. The number of halogens is 1. The summed E-state index contributed by atoms with van der Waals surface area (Å²) < 4.78 is 0. The van der Waals surface area contributed by atoms with Gasteiger partial charge in [0.25, 0.3) is 0 Å². The van der Waals surface area contributed by atoms with E-state index in [-0.39, 0.29) is 5.78 Å². The van der Waals surface area contributed by atoms with Crippen molar-refractivity contribution in [3.05, 3.63) is 52.6 Å². The second-order valence-corrected chi connectivity index (χ2v) is 5.48. The van der Waals surface area contributed by atoms with Crippen LogP contribution in [0.15, 0.2) is 35.4 Å². The average Bonchev–Trinajstić information content (AvgIpc) is 2.37. The van der Waals surface area contributed by atoms with Gasteiger partial charge in [0, 0.05) is 11.1 Å². The SMILES string of the molecule is CC(=O)c1cnc(CSc2ccccc2Cl)nc1C. The van der Waals surface area contributed by atoms with Crippen LogP contribution in [-0.2, 0) is 5.75 Å². The number of hydrogen-bond donors (Lipinski definition) is 0. The van der Waals surface area contributed by atoms with Gasteiger partial charge in [0.1, 0.15) is 5.82 Å². The molecule has 3 nitrogen and oxygen atoms in total. The Kier molecular flexibility index (Phi) is 4.56. The molecule has 1 aromatic heterocycles. The van der Waals surface area contributed by atoms with Gasteiger partial charge in [0.2, 0.25) is 0 Å². The van der Waals surface area contributed by atoms with Crippen molar-refractivity contribution < 1.29 is 4.79 Å². The van der Waals surface area contributed by atoms with Gasteiger partial charge in [-0.3, -0.25) is 4.79 Å². The van der Waals surface area contributed by atoms with Crippen molar-refractivity contribution >= 4 is 29.1 Å². The molecule has 0 radical (unpaired) electrons. The van der Waals surface area contributed by atoms with Gasteiger partial charge in [0.15, 0.2) is 5.78 Å². The number of ketones is 1. The van der Waals surface area contributed by atoms with E-state index in [0.29, 0.717) is 17.1 Å². The van der Waals surface area contributed by atoms with E-state index in [9.17, 15) is 4.79 Å². The Morgan fingerprint density at radius 1 is 1.37 bits per heavy atom. The van der Waals surface area contributed by atoms with E-state index >= 15 is 0 Å². The highest BCUT2D eigenvalue weighted by molar-refractivity contribution is 7.98. The third-order valence-electron chi connectivity index (χ3n) is 2.60. The molecule has 98 valence electrons. The molecule has 0 N–H and O–H groups in total. The van der Waals surface area contributed by atoms with Crippen molar-refractivity contribution in [2.75, 3.05) is 0 Å². The topological polar surface area (TPSA) is 42.9 Å². The molecule has 0 aliphatic heterocycles. The van der Waals surface area contributed by atoms with Gasteiger partial charge in [-0.15, -0.1) is 11.8 Å². The van der Waals surface area contributed by atoms with E-state index in [4.69, 9.17) is 11.6 Å². The zero-order valence-corrected chi connectivity index (χ0v) is 12.3. The van der Waals surface area contributed by atoms with Crippen LogP contribution in [0, 0.1) is 6.92 Å². The van der Waals surface area contributed by atoms with Crippen LogP contribution in [0.3, 0.4) is 0 Å². The molecule has 0 aliphatic carbocycles. The summed E-state index contributed by atoms with van der Waals surface area (Å²) in [6, 6.07) is 7.66. The van der Waals surface area contributed by atoms with Gasteiger partial charge in [0.05, 0.1) is 22.0 Å². The maximum Gasteiger partial charge on any atom is 0.163 e. The molecule has 0 atom stereocenters. The number of benzene rings is 1. The first-order chi connectivity index (χ1) is 9.08. The minimum atomic E-state index is -0.0113. The van der Waals surface area contributed by atoms with Crippen molar-refractivity contribution in [3.63, 3.8) is 0 Å². The number of aromatic nitrogens is 2. The highest BCUT2D eigenvalue weighted by Crippen LogP contribution is 2.28. The molecule has 1 aromatic carbocycles. The standard InChI is InChI=1S/C14H13ClN2OS/c1-9-11(10(2)18)7-16-14(17-9)8-19-13-6-4-3-5-12(13)15/h3-7H,8H2,1-2H3. The first-order valence-corrected chi connectivity index (χ1v) is 7.15. The predicted octanol–water partition coefficient (Wildman–Crippen LogP) is 3.93. The minimum absolute atomic E-state index is 0.0113. The van der Waals surface area contributed by atoms with Gasteiger partial charge in [-0.2, -0.15) is 0 Å². The van der Waals surface area contributed by atoms with E-state index in [1.807, 2.05) is 31.2 Å².